The van der Waals surface area contributed by atoms with E-state index in [9.17, 15) is 25.2 Å². The molecule has 0 heterocycles. The smallest absolute Gasteiger partial charge is 0.249 e. The van der Waals surface area contributed by atoms with Gasteiger partial charge in [-0.2, -0.15) is 0 Å². The summed E-state index contributed by atoms with van der Waals surface area (Å²) in [6.45, 7) is 4.09. The van der Waals surface area contributed by atoms with Crippen LogP contribution in [-0.4, -0.2) is 57.3 Å². The molecule has 0 rings (SSSR count). The maximum Gasteiger partial charge on any atom is 0.249 e. The zero-order chi connectivity index (χ0) is 46.7. The van der Waals surface area contributed by atoms with Crippen molar-refractivity contribution in [2.75, 3.05) is 6.61 Å². The summed E-state index contributed by atoms with van der Waals surface area (Å²) in [5, 5.41) is 44.0. The van der Waals surface area contributed by atoms with Crippen molar-refractivity contribution >= 4 is 5.91 Å². The molecule has 5 N–H and O–H groups in total. The average Bonchev–Trinajstić information content (AvgIpc) is 3.30. The molecule has 0 fully saturated rings. The van der Waals surface area contributed by atoms with Gasteiger partial charge in [-0.15, -0.1) is 0 Å². The van der Waals surface area contributed by atoms with Gasteiger partial charge < -0.3 is 25.7 Å². The second-order valence-corrected chi connectivity index (χ2v) is 20.0. The van der Waals surface area contributed by atoms with E-state index in [1.807, 2.05) is 0 Å². The number of unbranched alkanes of at least 4 members (excludes halogenated alkanes) is 40. The zero-order valence-corrected chi connectivity index (χ0v) is 43.0. The molecule has 4 atom stereocenters. The van der Waals surface area contributed by atoms with Gasteiger partial charge in [-0.3, -0.25) is 4.79 Å². The van der Waals surface area contributed by atoms with Crippen LogP contribution in [0, 0.1) is 0 Å². The van der Waals surface area contributed by atoms with E-state index in [-0.39, 0.29) is 0 Å². The van der Waals surface area contributed by atoms with Crippen molar-refractivity contribution in [2.45, 2.75) is 334 Å². The summed E-state index contributed by atoms with van der Waals surface area (Å²) in [5.41, 5.74) is 0. The third-order valence-electron chi connectivity index (χ3n) is 13.7. The molecule has 0 aliphatic rings. The predicted molar refractivity (Wildman–Crippen MR) is 279 cm³/mol. The van der Waals surface area contributed by atoms with E-state index in [0.717, 1.165) is 44.9 Å². The topological polar surface area (TPSA) is 110 Å². The number of carbonyl (C=O) groups excluding carboxylic acids is 1. The number of carbonyl (C=O) groups is 1. The molecule has 0 saturated heterocycles. The van der Waals surface area contributed by atoms with E-state index < -0.39 is 36.9 Å². The van der Waals surface area contributed by atoms with Gasteiger partial charge in [0, 0.05) is 0 Å². The van der Waals surface area contributed by atoms with E-state index in [4.69, 9.17) is 0 Å². The first kappa shape index (κ1) is 62.8. The van der Waals surface area contributed by atoms with Crippen LogP contribution in [0.3, 0.4) is 0 Å². The fourth-order valence-corrected chi connectivity index (χ4v) is 9.14. The predicted octanol–water partition coefficient (Wildman–Crippen LogP) is 16.6. The Balaban J connectivity index is 3.63. The van der Waals surface area contributed by atoms with Crippen molar-refractivity contribution in [2.24, 2.45) is 0 Å². The molecule has 0 aromatic heterocycles. The van der Waals surface area contributed by atoms with Gasteiger partial charge in [-0.05, 0) is 44.9 Å². The molecule has 64 heavy (non-hydrogen) atoms. The van der Waals surface area contributed by atoms with Gasteiger partial charge in [-0.25, -0.2) is 0 Å². The summed E-state index contributed by atoms with van der Waals surface area (Å²) < 4.78 is 0. The van der Waals surface area contributed by atoms with Crippen molar-refractivity contribution in [1.82, 2.24) is 5.32 Å². The summed E-state index contributed by atoms with van der Waals surface area (Å²) in [6.07, 6.45) is 63.8. The Morgan fingerprint density at radius 1 is 0.391 bits per heavy atom. The molecule has 6 nitrogen and oxygen atoms in total. The van der Waals surface area contributed by atoms with Crippen LogP contribution in [-0.2, 0) is 4.79 Å². The largest absolute Gasteiger partial charge is 0.394 e. The first-order valence-electron chi connectivity index (χ1n) is 28.7. The van der Waals surface area contributed by atoms with Crippen LogP contribution in [0.4, 0.5) is 0 Å². The molecule has 0 aromatic carbocycles. The quantitative estimate of drug-likeness (QED) is 0.0308. The first-order valence-corrected chi connectivity index (χ1v) is 28.7. The van der Waals surface area contributed by atoms with Gasteiger partial charge in [0.25, 0.3) is 0 Å². The number of amides is 1. The molecule has 380 valence electrons. The third-order valence-corrected chi connectivity index (χ3v) is 13.7. The normalized spacial score (nSPS) is 13.9. The van der Waals surface area contributed by atoms with Crippen molar-refractivity contribution in [1.29, 1.82) is 0 Å². The van der Waals surface area contributed by atoms with Crippen molar-refractivity contribution in [3.63, 3.8) is 0 Å². The number of aliphatic hydroxyl groups is 4. The molecule has 0 radical (unpaired) electrons. The summed E-state index contributed by atoms with van der Waals surface area (Å²) >= 11 is 0. The molecule has 0 spiro atoms. The van der Waals surface area contributed by atoms with Crippen LogP contribution in [0.5, 0.6) is 0 Å². The Morgan fingerprint density at radius 3 is 0.984 bits per heavy atom. The second kappa shape index (κ2) is 52.8. The van der Waals surface area contributed by atoms with Gasteiger partial charge in [0.1, 0.15) is 12.2 Å². The summed E-state index contributed by atoms with van der Waals surface area (Å²) in [6, 6.07) is -0.986. The lowest BCUT2D eigenvalue weighted by molar-refractivity contribution is -0.132. The number of hydrogen-bond acceptors (Lipinski definition) is 5. The van der Waals surface area contributed by atoms with Gasteiger partial charge in [-0.1, -0.05) is 289 Å². The number of allylic oxidation sites excluding steroid dienone is 4. The molecule has 1 amide bonds. The lowest BCUT2D eigenvalue weighted by atomic mass is 9.99. The summed E-state index contributed by atoms with van der Waals surface area (Å²) in [4.78, 5) is 12.6. The maximum atomic E-state index is 12.6. The Labute approximate surface area is 399 Å². The van der Waals surface area contributed by atoms with E-state index in [2.05, 4.69) is 43.5 Å². The van der Waals surface area contributed by atoms with Crippen molar-refractivity contribution in [3.8, 4) is 0 Å². The van der Waals surface area contributed by atoms with E-state index in [1.54, 1.807) is 0 Å². The molecule has 0 aliphatic heterocycles. The molecule has 0 bridgehead atoms. The standard InChI is InChI=1S/C58H113NO5/c1-3-5-7-9-11-13-15-17-19-21-23-25-27-28-29-30-32-34-36-38-40-42-44-46-48-50-52-56(62)58(64)59-54(53-60)57(63)55(61)51-49-47-45-43-41-39-37-35-33-31-26-24-22-20-18-16-14-12-10-8-6-4-2/h23,25,28-29,54-57,60-63H,3-22,24,26-27,30-53H2,1-2H3,(H,59,64)/b25-23-,29-28-. The third kappa shape index (κ3) is 45.9. The molecular formula is C58H113NO5. The fourth-order valence-electron chi connectivity index (χ4n) is 9.14. The van der Waals surface area contributed by atoms with Gasteiger partial charge in [0.2, 0.25) is 5.91 Å². The Bertz CT molecular complexity index is 970. The molecule has 0 aliphatic carbocycles. The molecule has 0 aromatic rings. The maximum absolute atomic E-state index is 12.6. The highest BCUT2D eigenvalue weighted by molar-refractivity contribution is 5.80. The fraction of sp³-hybridized carbons (Fsp3) is 0.914. The minimum absolute atomic E-state index is 0.367. The van der Waals surface area contributed by atoms with Crippen LogP contribution in [0.2, 0.25) is 0 Å². The Hall–Kier alpha value is -1.21. The van der Waals surface area contributed by atoms with Crippen LogP contribution in [0.1, 0.15) is 309 Å². The Kier molecular flexibility index (Phi) is 51.8. The summed E-state index contributed by atoms with van der Waals surface area (Å²) in [5.74, 6) is -0.582. The number of nitrogens with one attached hydrogen (secondary N) is 1. The van der Waals surface area contributed by atoms with E-state index in [0.29, 0.717) is 12.8 Å². The molecular weight excluding hydrogens is 791 g/mol. The highest BCUT2D eigenvalue weighted by Crippen LogP contribution is 2.18. The minimum Gasteiger partial charge on any atom is -0.394 e. The van der Waals surface area contributed by atoms with Crippen LogP contribution >= 0.6 is 0 Å². The van der Waals surface area contributed by atoms with Gasteiger partial charge in [0.05, 0.1) is 18.8 Å². The lowest BCUT2D eigenvalue weighted by Gasteiger charge is -2.27. The molecule has 4 unspecified atom stereocenters. The first-order chi connectivity index (χ1) is 31.5. The van der Waals surface area contributed by atoms with Crippen LogP contribution in [0.25, 0.3) is 0 Å². The Morgan fingerprint density at radius 2 is 0.672 bits per heavy atom. The van der Waals surface area contributed by atoms with E-state index in [1.165, 1.54) is 238 Å². The van der Waals surface area contributed by atoms with Gasteiger partial charge >= 0.3 is 0 Å². The summed E-state index contributed by atoms with van der Waals surface area (Å²) in [7, 11) is 0. The second-order valence-electron chi connectivity index (χ2n) is 20.0. The minimum atomic E-state index is -1.26. The average molecular weight is 905 g/mol. The number of rotatable bonds is 53. The monoisotopic (exact) mass is 904 g/mol. The van der Waals surface area contributed by atoms with Gasteiger partial charge in [0.15, 0.2) is 0 Å². The molecule has 6 heteroatoms. The highest BCUT2D eigenvalue weighted by atomic mass is 16.3. The van der Waals surface area contributed by atoms with Crippen molar-refractivity contribution in [3.05, 3.63) is 24.3 Å². The zero-order valence-electron chi connectivity index (χ0n) is 43.0. The molecule has 0 saturated carbocycles. The highest BCUT2D eigenvalue weighted by Gasteiger charge is 2.28. The van der Waals surface area contributed by atoms with E-state index >= 15 is 0 Å². The number of aliphatic hydroxyl groups excluding tert-OH is 4. The van der Waals surface area contributed by atoms with Crippen LogP contribution in [0.15, 0.2) is 24.3 Å². The number of hydrogen-bond donors (Lipinski definition) is 5. The SMILES string of the molecule is CCCCCCCCCCC/C=C\C/C=C\CCCCCCCCCCCCC(O)C(=O)NC(CO)C(O)C(O)CCCCCCCCCCCCCCCCCCCCCCCC. The lowest BCUT2D eigenvalue weighted by Crippen LogP contribution is -2.53. The van der Waals surface area contributed by atoms with Crippen molar-refractivity contribution < 1.29 is 25.2 Å². The van der Waals surface area contributed by atoms with Crippen LogP contribution < -0.4 is 5.32 Å².